The van der Waals surface area contributed by atoms with Gasteiger partial charge in [0.15, 0.2) is 0 Å². The SMILES string of the molecule is C=CCNc1nccc(C(=O)N2CCN(c3ccccn3)CC2)n1. The van der Waals surface area contributed by atoms with E-state index in [0.29, 0.717) is 31.3 Å². The zero-order chi connectivity index (χ0) is 16.8. The fourth-order valence-corrected chi connectivity index (χ4v) is 2.57. The maximum absolute atomic E-state index is 12.6. The van der Waals surface area contributed by atoms with Crippen LogP contribution in [0.1, 0.15) is 10.5 Å². The lowest BCUT2D eigenvalue weighted by molar-refractivity contribution is 0.0740. The van der Waals surface area contributed by atoms with Gasteiger partial charge in [0.25, 0.3) is 5.91 Å². The fourth-order valence-electron chi connectivity index (χ4n) is 2.57. The van der Waals surface area contributed by atoms with Crippen molar-refractivity contribution in [2.24, 2.45) is 0 Å². The van der Waals surface area contributed by atoms with E-state index >= 15 is 0 Å². The summed E-state index contributed by atoms with van der Waals surface area (Å²) in [5, 5.41) is 2.99. The van der Waals surface area contributed by atoms with E-state index < -0.39 is 0 Å². The standard InChI is InChI=1S/C17H20N6O/c1-2-7-19-17-20-9-6-14(21-17)16(24)23-12-10-22(11-13-23)15-5-3-4-8-18-15/h2-6,8-9H,1,7,10-13H2,(H,19,20,21). The van der Waals surface area contributed by atoms with Crippen molar-refractivity contribution in [1.82, 2.24) is 19.9 Å². The minimum atomic E-state index is -0.0697. The monoisotopic (exact) mass is 324 g/mol. The van der Waals surface area contributed by atoms with Gasteiger partial charge < -0.3 is 15.1 Å². The van der Waals surface area contributed by atoms with Crippen LogP contribution >= 0.6 is 0 Å². The van der Waals surface area contributed by atoms with E-state index in [0.717, 1.165) is 18.9 Å². The number of hydrogen-bond donors (Lipinski definition) is 1. The highest BCUT2D eigenvalue weighted by atomic mass is 16.2. The van der Waals surface area contributed by atoms with Gasteiger partial charge in [0.1, 0.15) is 11.5 Å². The predicted molar refractivity (Wildman–Crippen MR) is 93.1 cm³/mol. The second-order valence-electron chi connectivity index (χ2n) is 5.40. The third kappa shape index (κ3) is 3.68. The van der Waals surface area contributed by atoms with E-state index in [4.69, 9.17) is 0 Å². The lowest BCUT2D eigenvalue weighted by Gasteiger charge is -2.35. The maximum atomic E-state index is 12.6. The van der Waals surface area contributed by atoms with Crippen LogP contribution in [0, 0.1) is 0 Å². The predicted octanol–water partition coefficient (Wildman–Crippen LogP) is 1.43. The van der Waals surface area contributed by atoms with E-state index in [2.05, 4.69) is 31.7 Å². The molecule has 1 N–H and O–H groups in total. The molecule has 3 heterocycles. The van der Waals surface area contributed by atoms with Crippen LogP contribution in [0.5, 0.6) is 0 Å². The van der Waals surface area contributed by atoms with Crippen LogP contribution in [0.15, 0.2) is 49.3 Å². The summed E-state index contributed by atoms with van der Waals surface area (Å²) < 4.78 is 0. The molecule has 1 amide bonds. The number of pyridine rings is 1. The second-order valence-corrected chi connectivity index (χ2v) is 5.40. The van der Waals surface area contributed by atoms with Crippen molar-refractivity contribution in [2.75, 3.05) is 42.9 Å². The van der Waals surface area contributed by atoms with Crippen LogP contribution in [0.3, 0.4) is 0 Å². The first kappa shape index (κ1) is 15.9. The molecule has 0 atom stereocenters. The van der Waals surface area contributed by atoms with Crippen molar-refractivity contribution >= 4 is 17.7 Å². The van der Waals surface area contributed by atoms with E-state index in [-0.39, 0.29) is 5.91 Å². The molecule has 0 aromatic carbocycles. The summed E-state index contributed by atoms with van der Waals surface area (Å²) in [4.78, 5) is 29.4. The van der Waals surface area contributed by atoms with Crippen molar-refractivity contribution < 1.29 is 4.79 Å². The Labute approximate surface area is 141 Å². The summed E-state index contributed by atoms with van der Waals surface area (Å²) in [5.41, 5.74) is 0.405. The molecular weight excluding hydrogens is 304 g/mol. The smallest absolute Gasteiger partial charge is 0.272 e. The first-order chi connectivity index (χ1) is 11.8. The molecule has 7 nitrogen and oxygen atoms in total. The quantitative estimate of drug-likeness (QED) is 0.839. The van der Waals surface area contributed by atoms with Crippen molar-refractivity contribution in [3.8, 4) is 0 Å². The molecule has 124 valence electrons. The van der Waals surface area contributed by atoms with Crippen LogP contribution in [-0.4, -0.2) is 58.5 Å². The number of hydrogen-bond acceptors (Lipinski definition) is 6. The molecule has 0 unspecified atom stereocenters. The van der Waals surface area contributed by atoms with Crippen molar-refractivity contribution in [2.45, 2.75) is 0 Å². The fraction of sp³-hybridized carbons (Fsp3) is 0.294. The molecular formula is C17H20N6O. The van der Waals surface area contributed by atoms with Gasteiger partial charge in [-0.3, -0.25) is 4.79 Å². The Bertz CT molecular complexity index is 697. The van der Waals surface area contributed by atoms with Crippen molar-refractivity contribution in [3.63, 3.8) is 0 Å². The molecule has 1 aliphatic rings. The molecule has 3 rings (SSSR count). The molecule has 0 spiro atoms. The third-order valence-electron chi connectivity index (χ3n) is 3.82. The van der Waals surface area contributed by atoms with Gasteiger partial charge in [-0.2, -0.15) is 0 Å². The highest BCUT2D eigenvalue weighted by Crippen LogP contribution is 2.14. The second kappa shape index (κ2) is 7.54. The molecule has 0 saturated carbocycles. The molecule has 0 bridgehead atoms. The summed E-state index contributed by atoms with van der Waals surface area (Å²) in [6.07, 6.45) is 5.09. The van der Waals surface area contributed by atoms with Gasteiger partial charge in [-0.25, -0.2) is 15.0 Å². The van der Waals surface area contributed by atoms with Gasteiger partial charge in [-0.05, 0) is 18.2 Å². The Morgan fingerprint density at radius 2 is 2.00 bits per heavy atom. The maximum Gasteiger partial charge on any atom is 0.272 e. The highest BCUT2D eigenvalue weighted by Gasteiger charge is 2.23. The van der Waals surface area contributed by atoms with Gasteiger partial charge in [0.05, 0.1) is 0 Å². The van der Waals surface area contributed by atoms with Gasteiger partial charge in [-0.15, -0.1) is 6.58 Å². The number of nitrogens with one attached hydrogen (secondary N) is 1. The molecule has 0 radical (unpaired) electrons. The number of anilines is 2. The van der Waals surface area contributed by atoms with Gasteiger partial charge in [0.2, 0.25) is 5.95 Å². The molecule has 0 aliphatic carbocycles. The molecule has 1 saturated heterocycles. The Morgan fingerprint density at radius 1 is 1.17 bits per heavy atom. The van der Waals surface area contributed by atoms with E-state index in [9.17, 15) is 4.79 Å². The molecule has 1 aliphatic heterocycles. The average molecular weight is 324 g/mol. The van der Waals surface area contributed by atoms with Gasteiger partial charge in [-0.1, -0.05) is 12.1 Å². The minimum Gasteiger partial charge on any atom is -0.353 e. The number of carbonyl (C=O) groups excluding carboxylic acids is 1. The van der Waals surface area contributed by atoms with Crippen LogP contribution in [-0.2, 0) is 0 Å². The topological polar surface area (TPSA) is 74.2 Å². The molecule has 2 aromatic rings. The summed E-state index contributed by atoms with van der Waals surface area (Å²) in [5.74, 6) is 1.31. The Hall–Kier alpha value is -2.96. The van der Waals surface area contributed by atoms with E-state index in [1.54, 1.807) is 24.5 Å². The van der Waals surface area contributed by atoms with Crippen LogP contribution in [0.25, 0.3) is 0 Å². The third-order valence-corrected chi connectivity index (χ3v) is 3.82. The van der Waals surface area contributed by atoms with E-state index in [1.807, 2.05) is 23.1 Å². The lowest BCUT2D eigenvalue weighted by Crippen LogP contribution is -2.49. The lowest BCUT2D eigenvalue weighted by atomic mass is 10.2. The molecule has 1 fully saturated rings. The van der Waals surface area contributed by atoms with Crippen LogP contribution in [0.2, 0.25) is 0 Å². The first-order valence-electron chi connectivity index (χ1n) is 7.91. The minimum absolute atomic E-state index is 0.0697. The number of amides is 1. The van der Waals surface area contributed by atoms with Crippen molar-refractivity contribution in [3.05, 3.63) is 55.0 Å². The Balaban J connectivity index is 1.62. The van der Waals surface area contributed by atoms with Crippen LogP contribution in [0.4, 0.5) is 11.8 Å². The Kier molecular flexibility index (Phi) is 5.00. The molecule has 24 heavy (non-hydrogen) atoms. The first-order valence-corrected chi connectivity index (χ1v) is 7.91. The van der Waals surface area contributed by atoms with Gasteiger partial charge in [0, 0.05) is 45.1 Å². The molecule has 7 heteroatoms. The normalized spacial score (nSPS) is 14.3. The number of aromatic nitrogens is 3. The largest absolute Gasteiger partial charge is 0.353 e. The van der Waals surface area contributed by atoms with Crippen molar-refractivity contribution in [1.29, 1.82) is 0 Å². The zero-order valence-electron chi connectivity index (χ0n) is 13.4. The zero-order valence-corrected chi connectivity index (χ0v) is 13.4. The highest BCUT2D eigenvalue weighted by molar-refractivity contribution is 5.92. The summed E-state index contributed by atoms with van der Waals surface area (Å²) in [6.45, 7) is 7.01. The van der Waals surface area contributed by atoms with E-state index in [1.165, 1.54) is 0 Å². The number of rotatable bonds is 5. The number of piperazine rings is 1. The molecule has 2 aromatic heterocycles. The Morgan fingerprint density at radius 3 is 2.71 bits per heavy atom. The van der Waals surface area contributed by atoms with Crippen LogP contribution < -0.4 is 10.2 Å². The average Bonchev–Trinajstić information content (AvgIpc) is 2.67. The van der Waals surface area contributed by atoms with Gasteiger partial charge >= 0.3 is 0 Å². The summed E-state index contributed by atoms with van der Waals surface area (Å²) in [7, 11) is 0. The number of nitrogens with zero attached hydrogens (tertiary/aromatic N) is 5. The summed E-state index contributed by atoms with van der Waals surface area (Å²) >= 11 is 0. The number of carbonyl (C=O) groups is 1. The summed E-state index contributed by atoms with van der Waals surface area (Å²) in [6, 6.07) is 7.50.